The Morgan fingerprint density at radius 1 is 1.50 bits per heavy atom. The van der Waals surface area contributed by atoms with Crippen molar-refractivity contribution in [1.82, 2.24) is 15.0 Å². The molecule has 0 amide bonds. The molecule has 1 unspecified atom stereocenters. The van der Waals surface area contributed by atoms with E-state index in [1.807, 2.05) is 37.4 Å². The van der Waals surface area contributed by atoms with Crippen molar-refractivity contribution in [2.75, 3.05) is 0 Å². The molecule has 1 aromatic heterocycles. The fraction of sp³-hybridized carbons (Fsp3) is 0.273. The zero-order valence-electron chi connectivity index (χ0n) is 8.77. The summed E-state index contributed by atoms with van der Waals surface area (Å²) in [4.78, 5) is 0.223. The maximum absolute atomic E-state index is 5.91. The molecule has 0 radical (unpaired) electrons. The molecule has 0 bridgehead atoms. The van der Waals surface area contributed by atoms with Gasteiger partial charge in [-0.05, 0) is 24.6 Å². The molecular weight excluding hydrogens is 289 g/mol. The van der Waals surface area contributed by atoms with Crippen molar-refractivity contribution in [1.29, 1.82) is 0 Å². The van der Waals surface area contributed by atoms with E-state index < -0.39 is 0 Å². The lowest BCUT2D eigenvalue weighted by Gasteiger charge is -2.01. The highest BCUT2D eigenvalue weighted by Gasteiger charge is 2.06. The molecule has 0 N–H and O–H groups in total. The second-order valence-electron chi connectivity index (χ2n) is 3.59. The summed E-state index contributed by atoms with van der Waals surface area (Å²) < 4.78 is 1.80. The van der Waals surface area contributed by atoms with Gasteiger partial charge in [0.1, 0.15) is 0 Å². The number of aromatic nitrogens is 3. The second-order valence-corrected chi connectivity index (χ2v) is 5.40. The van der Waals surface area contributed by atoms with Gasteiger partial charge < -0.3 is 0 Å². The Morgan fingerprint density at radius 2 is 2.31 bits per heavy atom. The quantitative estimate of drug-likeness (QED) is 0.813. The summed E-state index contributed by atoms with van der Waals surface area (Å²) in [5, 5.41) is 8.87. The monoisotopic (exact) mass is 299 g/mol. The Bertz CT molecular complexity index is 482. The summed E-state index contributed by atoms with van der Waals surface area (Å²) in [5.41, 5.74) is 2.05. The summed E-state index contributed by atoms with van der Waals surface area (Å²) in [6, 6.07) is 7.74. The third-order valence-corrected chi connectivity index (χ3v) is 2.90. The van der Waals surface area contributed by atoms with E-state index in [4.69, 9.17) is 11.6 Å². The van der Waals surface area contributed by atoms with E-state index in [0.717, 1.165) is 16.3 Å². The normalized spacial score (nSPS) is 12.7. The van der Waals surface area contributed by atoms with Crippen molar-refractivity contribution >= 4 is 27.5 Å². The average Bonchev–Trinajstić information content (AvgIpc) is 2.66. The van der Waals surface area contributed by atoms with Crippen LogP contribution in [0.5, 0.6) is 0 Å². The molecule has 0 aliphatic carbocycles. The first kappa shape index (κ1) is 11.6. The smallest absolute Gasteiger partial charge is 0.0960 e. The molecule has 0 saturated carbocycles. The van der Waals surface area contributed by atoms with E-state index >= 15 is 0 Å². The molecule has 0 aliphatic rings. The number of hydrogen-bond acceptors (Lipinski definition) is 2. The maximum atomic E-state index is 5.91. The van der Waals surface area contributed by atoms with E-state index in [-0.39, 0.29) is 4.83 Å². The van der Waals surface area contributed by atoms with Crippen molar-refractivity contribution in [2.24, 2.45) is 0 Å². The average molecular weight is 301 g/mol. The fourth-order valence-electron chi connectivity index (χ4n) is 1.40. The molecule has 3 nitrogen and oxygen atoms in total. The van der Waals surface area contributed by atoms with Crippen molar-refractivity contribution in [3.63, 3.8) is 0 Å². The number of alkyl halides is 1. The molecule has 5 heteroatoms. The summed E-state index contributed by atoms with van der Waals surface area (Å²) in [6.45, 7) is 2.71. The van der Waals surface area contributed by atoms with Crippen LogP contribution in [0.2, 0.25) is 5.02 Å². The minimum Gasteiger partial charge on any atom is -0.248 e. The lowest BCUT2D eigenvalue weighted by Crippen LogP contribution is -2.00. The Balaban J connectivity index is 2.14. The highest BCUT2D eigenvalue weighted by molar-refractivity contribution is 9.09. The Labute approximate surface area is 108 Å². The molecular formula is C11H11BrClN3. The molecule has 0 spiro atoms. The SMILES string of the molecule is CC(Br)c1cn(Cc2cccc(Cl)c2)nn1. The number of rotatable bonds is 3. The van der Waals surface area contributed by atoms with E-state index in [1.165, 1.54) is 0 Å². The van der Waals surface area contributed by atoms with Crippen LogP contribution in [0.3, 0.4) is 0 Å². The lowest BCUT2D eigenvalue weighted by molar-refractivity contribution is 0.649. The zero-order valence-corrected chi connectivity index (χ0v) is 11.1. The van der Waals surface area contributed by atoms with Crippen molar-refractivity contribution in [3.8, 4) is 0 Å². The van der Waals surface area contributed by atoms with Gasteiger partial charge in [0.05, 0.1) is 17.1 Å². The van der Waals surface area contributed by atoms with E-state index in [0.29, 0.717) is 6.54 Å². The molecule has 1 atom stereocenters. The van der Waals surface area contributed by atoms with Crippen LogP contribution in [-0.4, -0.2) is 15.0 Å². The minimum atomic E-state index is 0.223. The highest BCUT2D eigenvalue weighted by Crippen LogP contribution is 2.18. The molecule has 84 valence electrons. The number of halogens is 2. The zero-order chi connectivity index (χ0) is 11.5. The first-order chi connectivity index (χ1) is 7.65. The largest absolute Gasteiger partial charge is 0.248 e. The first-order valence-electron chi connectivity index (χ1n) is 4.93. The van der Waals surface area contributed by atoms with Gasteiger partial charge in [0.25, 0.3) is 0 Å². The number of benzene rings is 1. The van der Waals surface area contributed by atoms with Gasteiger partial charge in [0.2, 0.25) is 0 Å². The minimum absolute atomic E-state index is 0.223. The lowest BCUT2D eigenvalue weighted by atomic mass is 10.2. The van der Waals surface area contributed by atoms with Crippen LogP contribution in [0.15, 0.2) is 30.5 Å². The molecule has 0 fully saturated rings. The summed E-state index contributed by atoms with van der Waals surface area (Å²) in [7, 11) is 0. The molecule has 0 saturated heterocycles. The Hall–Kier alpha value is -0.870. The fourth-order valence-corrected chi connectivity index (χ4v) is 1.82. The number of hydrogen-bond donors (Lipinski definition) is 0. The molecule has 1 aromatic carbocycles. The van der Waals surface area contributed by atoms with Gasteiger partial charge in [0.15, 0.2) is 0 Å². The van der Waals surface area contributed by atoms with Gasteiger partial charge in [-0.3, -0.25) is 0 Å². The van der Waals surface area contributed by atoms with Crippen LogP contribution in [-0.2, 0) is 6.54 Å². The molecule has 2 rings (SSSR count). The molecule has 0 aliphatic heterocycles. The highest BCUT2D eigenvalue weighted by atomic mass is 79.9. The van der Waals surface area contributed by atoms with Crippen LogP contribution in [0.4, 0.5) is 0 Å². The van der Waals surface area contributed by atoms with Crippen molar-refractivity contribution < 1.29 is 0 Å². The van der Waals surface area contributed by atoms with E-state index in [9.17, 15) is 0 Å². The molecule has 1 heterocycles. The van der Waals surface area contributed by atoms with Gasteiger partial charge in [-0.25, -0.2) is 4.68 Å². The Morgan fingerprint density at radius 3 is 2.94 bits per heavy atom. The predicted octanol–water partition coefficient (Wildman–Crippen LogP) is 3.44. The maximum Gasteiger partial charge on any atom is 0.0960 e. The first-order valence-corrected chi connectivity index (χ1v) is 6.23. The standard InChI is InChI=1S/C11H11BrClN3/c1-8(12)11-7-16(15-14-11)6-9-3-2-4-10(13)5-9/h2-5,7-8H,6H2,1H3. The van der Waals surface area contributed by atoms with Crippen LogP contribution >= 0.6 is 27.5 Å². The van der Waals surface area contributed by atoms with Crippen LogP contribution in [0.1, 0.15) is 23.0 Å². The van der Waals surface area contributed by atoms with Gasteiger partial charge in [-0.15, -0.1) is 5.10 Å². The molecule has 2 aromatic rings. The molecule has 16 heavy (non-hydrogen) atoms. The summed E-state index contributed by atoms with van der Waals surface area (Å²) in [6.07, 6.45) is 1.93. The third-order valence-electron chi connectivity index (χ3n) is 2.20. The van der Waals surface area contributed by atoms with Gasteiger partial charge in [-0.2, -0.15) is 0 Å². The summed E-state index contributed by atoms with van der Waals surface area (Å²) in [5.74, 6) is 0. The van der Waals surface area contributed by atoms with Gasteiger partial charge in [-0.1, -0.05) is 44.9 Å². The van der Waals surface area contributed by atoms with Gasteiger partial charge in [0, 0.05) is 11.2 Å². The van der Waals surface area contributed by atoms with Crippen LogP contribution in [0.25, 0.3) is 0 Å². The van der Waals surface area contributed by atoms with Crippen LogP contribution < -0.4 is 0 Å². The number of nitrogens with zero attached hydrogens (tertiary/aromatic N) is 3. The van der Waals surface area contributed by atoms with Crippen LogP contribution in [0, 0.1) is 0 Å². The topological polar surface area (TPSA) is 30.7 Å². The van der Waals surface area contributed by atoms with Gasteiger partial charge >= 0.3 is 0 Å². The second kappa shape index (κ2) is 4.97. The van der Waals surface area contributed by atoms with E-state index in [1.54, 1.807) is 4.68 Å². The Kier molecular flexibility index (Phi) is 3.61. The van der Waals surface area contributed by atoms with Crippen molar-refractivity contribution in [3.05, 3.63) is 46.7 Å². The third kappa shape index (κ3) is 2.83. The van der Waals surface area contributed by atoms with E-state index in [2.05, 4.69) is 26.2 Å². The predicted molar refractivity (Wildman–Crippen MR) is 67.9 cm³/mol. The van der Waals surface area contributed by atoms with Crippen molar-refractivity contribution in [2.45, 2.75) is 18.3 Å². The summed E-state index contributed by atoms with van der Waals surface area (Å²) >= 11 is 9.37.